The quantitative estimate of drug-likeness (QED) is 0.605. The highest BCUT2D eigenvalue weighted by Gasteiger charge is 2.12. The molecule has 2 heterocycles. The van der Waals surface area contributed by atoms with Gasteiger partial charge in [0, 0.05) is 11.1 Å². The molecule has 2 aromatic heterocycles. The molecule has 1 N–H and O–H groups in total. The number of phenols is 1. The molecule has 4 aromatic rings. The Labute approximate surface area is 129 Å². The Balaban J connectivity index is 1.74. The van der Waals surface area contributed by atoms with Crippen LogP contribution in [0.3, 0.4) is 0 Å². The molecule has 4 rings (SSSR count). The van der Waals surface area contributed by atoms with Crippen LogP contribution in [0.4, 0.5) is 0 Å². The van der Waals surface area contributed by atoms with E-state index in [1.165, 1.54) is 0 Å². The molecule has 0 spiro atoms. The molecule has 0 amide bonds. The van der Waals surface area contributed by atoms with E-state index in [2.05, 4.69) is 15.1 Å². The van der Waals surface area contributed by atoms with Gasteiger partial charge < -0.3 is 9.63 Å². The van der Waals surface area contributed by atoms with Crippen molar-refractivity contribution < 1.29 is 9.63 Å². The van der Waals surface area contributed by atoms with Gasteiger partial charge in [0.15, 0.2) is 0 Å². The third-order valence-corrected chi connectivity index (χ3v) is 4.23. The molecule has 108 valence electrons. The van der Waals surface area contributed by atoms with E-state index in [4.69, 9.17) is 4.52 Å². The van der Waals surface area contributed by atoms with Crippen molar-refractivity contribution in [3.63, 3.8) is 0 Å². The summed E-state index contributed by atoms with van der Waals surface area (Å²) in [5, 5.41) is 14.3. The third-order valence-electron chi connectivity index (χ3n) is 3.29. The monoisotopic (exact) mass is 309 g/mol. The van der Waals surface area contributed by atoms with Gasteiger partial charge in [0.25, 0.3) is 5.89 Å². The predicted molar refractivity (Wildman–Crippen MR) is 84.7 cm³/mol. The summed E-state index contributed by atoms with van der Waals surface area (Å²) in [5.74, 6) is 1.17. The molecule has 6 heteroatoms. The van der Waals surface area contributed by atoms with Gasteiger partial charge in [-0.15, -0.1) is 11.3 Å². The van der Waals surface area contributed by atoms with E-state index < -0.39 is 0 Å². The molecule has 0 saturated heterocycles. The lowest BCUT2D eigenvalue weighted by Crippen LogP contribution is -1.81. The number of phenolic OH excluding ortho intramolecular Hbond substituents is 1. The Hall–Kier alpha value is -2.73. The predicted octanol–water partition coefficient (Wildman–Crippen LogP) is 4.03. The van der Waals surface area contributed by atoms with Gasteiger partial charge in [-0.1, -0.05) is 5.16 Å². The van der Waals surface area contributed by atoms with Crippen molar-refractivity contribution in [1.82, 2.24) is 15.1 Å². The molecule has 0 aliphatic heterocycles. The number of hydrogen-bond acceptors (Lipinski definition) is 6. The van der Waals surface area contributed by atoms with E-state index in [-0.39, 0.29) is 5.75 Å². The number of fused-ring (bicyclic) bond motifs is 1. The van der Waals surface area contributed by atoms with E-state index in [9.17, 15) is 5.11 Å². The minimum atomic E-state index is 0.207. The number of hydrogen-bond donors (Lipinski definition) is 1. The Kier molecular flexibility index (Phi) is 2.90. The summed E-state index contributed by atoms with van der Waals surface area (Å²) in [7, 11) is 0. The van der Waals surface area contributed by atoms with Crippen molar-refractivity contribution in [3.8, 4) is 28.6 Å². The molecular formula is C16H11N3O2S. The molecule has 0 aliphatic carbocycles. The van der Waals surface area contributed by atoms with E-state index in [0.717, 1.165) is 26.4 Å². The summed E-state index contributed by atoms with van der Waals surface area (Å²) in [5.41, 5.74) is 2.64. The summed E-state index contributed by atoms with van der Waals surface area (Å²) < 4.78 is 6.45. The molecule has 0 fully saturated rings. The number of rotatable bonds is 2. The van der Waals surface area contributed by atoms with Gasteiger partial charge in [-0.05, 0) is 49.4 Å². The maximum Gasteiger partial charge on any atom is 0.258 e. The fourth-order valence-corrected chi connectivity index (χ4v) is 3.11. The summed E-state index contributed by atoms with van der Waals surface area (Å²) in [6.45, 7) is 1.99. The fourth-order valence-electron chi connectivity index (χ4n) is 2.24. The number of thiazole rings is 1. The van der Waals surface area contributed by atoms with Crippen molar-refractivity contribution in [2.45, 2.75) is 6.92 Å². The average molecular weight is 309 g/mol. The zero-order valence-corrected chi connectivity index (χ0v) is 12.5. The summed E-state index contributed by atoms with van der Waals surface area (Å²) in [4.78, 5) is 8.86. The van der Waals surface area contributed by atoms with Crippen LogP contribution in [0.15, 0.2) is 47.0 Å². The highest BCUT2D eigenvalue weighted by Crippen LogP contribution is 2.28. The lowest BCUT2D eigenvalue weighted by atomic mass is 10.2. The van der Waals surface area contributed by atoms with E-state index >= 15 is 0 Å². The number of benzene rings is 2. The van der Waals surface area contributed by atoms with Crippen LogP contribution in [0.1, 0.15) is 5.01 Å². The van der Waals surface area contributed by atoms with Crippen LogP contribution >= 0.6 is 11.3 Å². The Morgan fingerprint density at radius 3 is 2.59 bits per heavy atom. The first-order valence-corrected chi connectivity index (χ1v) is 7.51. The lowest BCUT2D eigenvalue weighted by molar-refractivity contribution is 0.432. The maximum absolute atomic E-state index is 9.32. The number of aromatic nitrogens is 3. The van der Waals surface area contributed by atoms with Gasteiger partial charge in [-0.25, -0.2) is 4.98 Å². The van der Waals surface area contributed by atoms with Crippen molar-refractivity contribution in [1.29, 1.82) is 0 Å². The van der Waals surface area contributed by atoms with Crippen LogP contribution < -0.4 is 0 Å². The maximum atomic E-state index is 9.32. The summed E-state index contributed by atoms with van der Waals surface area (Å²) in [6, 6.07) is 12.6. The van der Waals surface area contributed by atoms with Gasteiger partial charge in [-0.3, -0.25) is 0 Å². The topological polar surface area (TPSA) is 72.0 Å². The second-order valence-corrected chi connectivity index (χ2v) is 6.12. The van der Waals surface area contributed by atoms with Crippen LogP contribution in [0, 0.1) is 6.92 Å². The molecular weight excluding hydrogens is 298 g/mol. The molecule has 22 heavy (non-hydrogen) atoms. The van der Waals surface area contributed by atoms with Gasteiger partial charge in [-0.2, -0.15) is 4.98 Å². The number of nitrogens with zero attached hydrogens (tertiary/aromatic N) is 3. The van der Waals surface area contributed by atoms with Crippen LogP contribution in [0.25, 0.3) is 33.1 Å². The van der Waals surface area contributed by atoms with Crippen LogP contribution in [0.2, 0.25) is 0 Å². The first-order valence-electron chi connectivity index (χ1n) is 6.70. The van der Waals surface area contributed by atoms with Crippen LogP contribution in [-0.4, -0.2) is 20.2 Å². The van der Waals surface area contributed by atoms with Gasteiger partial charge in [0.2, 0.25) is 5.82 Å². The first-order chi connectivity index (χ1) is 10.7. The Bertz CT molecular complexity index is 957. The minimum absolute atomic E-state index is 0.207. The molecule has 0 aliphatic rings. The van der Waals surface area contributed by atoms with Crippen molar-refractivity contribution in [3.05, 3.63) is 47.5 Å². The van der Waals surface area contributed by atoms with Crippen LogP contribution in [0.5, 0.6) is 5.75 Å². The fraction of sp³-hybridized carbons (Fsp3) is 0.0625. The van der Waals surface area contributed by atoms with Crippen LogP contribution in [-0.2, 0) is 0 Å². The zero-order chi connectivity index (χ0) is 15.1. The standard InChI is InChI=1S/C16H11N3O2S/c1-9-17-13-7-4-11(8-14(13)22-9)16-18-15(19-21-16)10-2-5-12(20)6-3-10/h2-8,20H,1H3. The number of aryl methyl sites for hydroxylation is 1. The minimum Gasteiger partial charge on any atom is -0.508 e. The SMILES string of the molecule is Cc1nc2ccc(-c3nc(-c4ccc(O)cc4)no3)cc2s1. The van der Waals surface area contributed by atoms with Crippen molar-refractivity contribution in [2.24, 2.45) is 0 Å². The number of aromatic hydroxyl groups is 1. The Morgan fingerprint density at radius 2 is 1.77 bits per heavy atom. The molecule has 0 radical (unpaired) electrons. The summed E-state index contributed by atoms with van der Waals surface area (Å²) in [6.07, 6.45) is 0. The molecule has 0 bridgehead atoms. The zero-order valence-electron chi connectivity index (χ0n) is 11.6. The molecule has 5 nitrogen and oxygen atoms in total. The smallest absolute Gasteiger partial charge is 0.258 e. The average Bonchev–Trinajstić information content (AvgIpc) is 3.12. The Morgan fingerprint density at radius 1 is 1.00 bits per heavy atom. The van der Waals surface area contributed by atoms with E-state index in [0.29, 0.717) is 11.7 Å². The second-order valence-electron chi connectivity index (χ2n) is 4.89. The van der Waals surface area contributed by atoms with Gasteiger partial charge >= 0.3 is 0 Å². The largest absolute Gasteiger partial charge is 0.508 e. The highest BCUT2D eigenvalue weighted by atomic mass is 32.1. The molecule has 0 atom stereocenters. The van der Waals surface area contributed by atoms with Crippen molar-refractivity contribution >= 4 is 21.6 Å². The van der Waals surface area contributed by atoms with Gasteiger partial charge in [0.1, 0.15) is 5.75 Å². The highest BCUT2D eigenvalue weighted by molar-refractivity contribution is 7.18. The van der Waals surface area contributed by atoms with Crippen molar-refractivity contribution in [2.75, 3.05) is 0 Å². The lowest BCUT2D eigenvalue weighted by Gasteiger charge is -1.94. The molecule has 2 aromatic carbocycles. The summed E-state index contributed by atoms with van der Waals surface area (Å²) >= 11 is 1.64. The van der Waals surface area contributed by atoms with E-state index in [1.54, 1.807) is 35.6 Å². The van der Waals surface area contributed by atoms with E-state index in [1.807, 2.05) is 25.1 Å². The normalized spacial score (nSPS) is 11.1. The second kappa shape index (κ2) is 4.92. The molecule has 0 unspecified atom stereocenters. The van der Waals surface area contributed by atoms with Gasteiger partial charge in [0.05, 0.1) is 15.2 Å². The third kappa shape index (κ3) is 2.23. The molecule has 0 saturated carbocycles. The first kappa shape index (κ1) is 13.0.